The van der Waals surface area contributed by atoms with E-state index in [1.807, 2.05) is 12.1 Å². The molecule has 0 spiro atoms. The Labute approximate surface area is 141 Å². The number of carbonyl (C=O) groups excluding carboxylic acids is 1. The summed E-state index contributed by atoms with van der Waals surface area (Å²) in [6.45, 7) is 0.737. The Morgan fingerprint density at radius 3 is 2.67 bits per heavy atom. The largest absolute Gasteiger partial charge is 0.493 e. The number of benzene rings is 1. The smallest absolute Gasteiger partial charge is 0.254 e. The van der Waals surface area contributed by atoms with Crippen molar-refractivity contribution in [3.63, 3.8) is 0 Å². The number of nitrogens with zero attached hydrogens (tertiary/aromatic N) is 3. The molecule has 0 atom stereocenters. The molecule has 0 aliphatic heterocycles. The minimum atomic E-state index is -0.171. The highest BCUT2D eigenvalue weighted by Crippen LogP contribution is 2.28. The number of pyridine rings is 1. The van der Waals surface area contributed by atoms with E-state index < -0.39 is 0 Å². The molecule has 124 valence electrons. The normalized spacial score (nSPS) is 9.88. The lowest BCUT2D eigenvalue weighted by molar-refractivity contribution is 0.0746. The summed E-state index contributed by atoms with van der Waals surface area (Å²) in [7, 11) is 3.07. The number of amides is 1. The third-order valence-corrected chi connectivity index (χ3v) is 3.51. The molecule has 6 nitrogen and oxygen atoms in total. The van der Waals surface area contributed by atoms with Crippen molar-refractivity contribution in [2.24, 2.45) is 0 Å². The second-order valence-electron chi connectivity index (χ2n) is 5.07. The third kappa shape index (κ3) is 4.23. The maximum Gasteiger partial charge on any atom is 0.254 e. The molecule has 2 aromatic rings. The summed E-state index contributed by atoms with van der Waals surface area (Å²) in [6, 6.07) is 10.8. The summed E-state index contributed by atoms with van der Waals surface area (Å²) in [6.07, 6.45) is 3.65. The molecule has 1 amide bonds. The van der Waals surface area contributed by atoms with Crippen molar-refractivity contribution in [1.82, 2.24) is 9.88 Å². The van der Waals surface area contributed by atoms with Crippen LogP contribution in [0, 0.1) is 11.3 Å². The van der Waals surface area contributed by atoms with Gasteiger partial charge in [0, 0.05) is 31.0 Å². The van der Waals surface area contributed by atoms with Crippen molar-refractivity contribution in [2.45, 2.75) is 13.0 Å². The Kier molecular flexibility index (Phi) is 6.15. The van der Waals surface area contributed by atoms with Gasteiger partial charge < -0.3 is 14.4 Å². The van der Waals surface area contributed by atoms with E-state index in [1.54, 1.807) is 42.6 Å². The molecule has 0 saturated carbocycles. The molecule has 6 heteroatoms. The summed E-state index contributed by atoms with van der Waals surface area (Å²) in [5, 5.41) is 8.85. The van der Waals surface area contributed by atoms with E-state index in [-0.39, 0.29) is 12.3 Å². The molecule has 24 heavy (non-hydrogen) atoms. The number of aromatic nitrogens is 1. The predicted molar refractivity (Wildman–Crippen MR) is 88.8 cm³/mol. The van der Waals surface area contributed by atoms with Crippen LogP contribution in [0.5, 0.6) is 11.5 Å². The molecule has 0 fully saturated rings. The summed E-state index contributed by atoms with van der Waals surface area (Å²) in [4.78, 5) is 18.5. The van der Waals surface area contributed by atoms with Gasteiger partial charge in [-0.1, -0.05) is 6.07 Å². The highest BCUT2D eigenvalue weighted by atomic mass is 16.5. The molecule has 0 radical (unpaired) electrons. The van der Waals surface area contributed by atoms with Gasteiger partial charge in [-0.15, -0.1) is 0 Å². The van der Waals surface area contributed by atoms with Gasteiger partial charge in [0.05, 0.1) is 26.7 Å². The van der Waals surface area contributed by atoms with Gasteiger partial charge in [0.1, 0.15) is 0 Å². The molecular formula is C18H19N3O3. The molecule has 0 bridgehead atoms. The van der Waals surface area contributed by atoms with Crippen LogP contribution in [0.2, 0.25) is 0 Å². The maximum atomic E-state index is 12.8. The number of methoxy groups -OCH3 is 2. The van der Waals surface area contributed by atoms with E-state index >= 15 is 0 Å². The van der Waals surface area contributed by atoms with Gasteiger partial charge in [0.25, 0.3) is 5.91 Å². The molecular weight excluding hydrogens is 306 g/mol. The van der Waals surface area contributed by atoms with Crippen LogP contribution in [0.3, 0.4) is 0 Å². The maximum absolute atomic E-state index is 12.8. The first-order valence-electron chi connectivity index (χ1n) is 7.46. The summed E-state index contributed by atoms with van der Waals surface area (Å²) in [5.41, 5.74) is 1.39. The van der Waals surface area contributed by atoms with E-state index in [0.29, 0.717) is 30.2 Å². The first-order valence-corrected chi connectivity index (χ1v) is 7.46. The lowest BCUT2D eigenvalue weighted by Gasteiger charge is -2.22. The van der Waals surface area contributed by atoms with E-state index in [0.717, 1.165) is 5.56 Å². The van der Waals surface area contributed by atoms with E-state index in [2.05, 4.69) is 11.1 Å². The molecule has 2 rings (SSSR count). The number of nitriles is 1. The number of hydrogen-bond donors (Lipinski definition) is 0. The number of hydrogen-bond acceptors (Lipinski definition) is 5. The molecule has 1 aromatic heterocycles. The van der Waals surface area contributed by atoms with Gasteiger partial charge in [-0.2, -0.15) is 5.26 Å². The summed E-state index contributed by atoms with van der Waals surface area (Å²) >= 11 is 0. The standard InChI is InChI=1S/C18H19N3O3/c1-23-16-7-6-15(11-17(16)24-2)18(22)21(10-4-8-19)13-14-5-3-9-20-12-14/h3,5-7,9,11-12H,4,10,13H2,1-2H3. The molecule has 1 aromatic carbocycles. The van der Waals surface area contributed by atoms with Gasteiger partial charge in [0.15, 0.2) is 11.5 Å². The van der Waals surface area contributed by atoms with Crippen LogP contribution in [-0.2, 0) is 6.54 Å². The van der Waals surface area contributed by atoms with E-state index in [1.165, 1.54) is 7.11 Å². The SMILES string of the molecule is COc1ccc(C(=O)N(CCC#N)Cc2cccnc2)cc1OC. The van der Waals surface area contributed by atoms with Crippen molar-refractivity contribution in [3.05, 3.63) is 53.9 Å². The first-order chi connectivity index (χ1) is 11.7. The van der Waals surface area contributed by atoms with Gasteiger partial charge in [-0.25, -0.2) is 0 Å². The second-order valence-corrected chi connectivity index (χ2v) is 5.07. The lowest BCUT2D eigenvalue weighted by Crippen LogP contribution is -2.31. The van der Waals surface area contributed by atoms with Crippen molar-refractivity contribution in [2.75, 3.05) is 20.8 Å². The Morgan fingerprint density at radius 2 is 2.04 bits per heavy atom. The lowest BCUT2D eigenvalue weighted by atomic mass is 10.1. The molecule has 0 N–H and O–H groups in total. The fraction of sp³-hybridized carbons (Fsp3) is 0.278. The monoisotopic (exact) mass is 325 g/mol. The molecule has 1 heterocycles. The third-order valence-electron chi connectivity index (χ3n) is 3.51. The van der Waals surface area contributed by atoms with Crippen LogP contribution in [0.25, 0.3) is 0 Å². The van der Waals surface area contributed by atoms with Crippen LogP contribution >= 0.6 is 0 Å². The van der Waals surface area contributed by atoms with Crippen LogP contribution in [0.15, 0.2) is 42.7 Å². The zero-order valence-electron chi connectivity index (χ0n) is 13.7. The zero-order chi connectivity index (χ0) is 17.4. The van der Waals surface area contributed by atoms with E-state index in [4.69, 9.17) is 14.7 Å². The highest BCUT2D eigenvalue weighted by molar-refractivity contribution is 5.95. The molecule has 0 unspecified atom stereocenters. The minimum absolute atomic E-state index is 0.171. The molecule has 0 aliphatic rings. The fourth-order valence-corrected chi connectivity index (χ4v) is 2.30. The number of ether oxygens (including phenoxy) is 2. The van der Waals surface area contributed by atoms with Crippen molar-refractivity contribution < 1.29 is 14.3 Å². The average molecular weight is 325 g/mol. The Bertz CT molecular complexity index is 726. The first kappa shape index (κ1) is 17.3. The van der Waals surface area contributed by atoms with Crippen LogP contribution in [0.4, 0.5) is 0 Å². The quantitative estimate of drug-likeness (QED) is 0.782. The van der Waals surface area contributed by atoms with E-state index in [9.17, 15) is 4.79 Å². The molecule has 0 saturated heterocycles. The topological polar surface area (TPSA) is 75.5 Å². The fourth-order valence-electron chi connectivity index (χ4n) is 2.30. The Balaban J connectivity index is 2.25. The summed E-state index contributed by atoms with van der Waals surface area (Å²) in [5.74, 6) is 0.880. The van der Waals surface area contributed by atoms with Gasteiger partial charge >= 0.3 is 0 Å². The van der Waals surface area contributed by atoms with Crippen molar-refractivity contribution in [3.8, 4) is 17.6 Å². The van der Waals surface area contributed by atoms with Crippen molar-refractivity contribution >= 4 is 5.91 Å². The number of rotatable bonds is 7. The van der Waals surface area contributed by atoms with Crippen LogP contribution in [0.1, 0.15) is 22.3 Å². The second kappa shape index (κ2) is 8.53. The Morgan fingerprint density at radius 1 is 1.25 bits per heavy atom. The van der Waals surface area contributed by atoms with Crippen LogP contribution < -0.4 is 9.47 Å². The predicted octanol–water partition coefficient (Wildman–Crippen LogP) is 2.65. The average Bonchev–Trinajstić information content (AvgIpc) is 2.64. The Hall–Kier alpha value is -3.07. The van der Waals surface area contributed by atoms with Gasteiger partial charge in [-0.05, 0) is 29.8 Å². The number of carbonyl (C=O) groups is 1. The van der Waals surface area contributed by atoms with Crippen molar-refractivity contribution in [1.29, 1.82) is 5.26 Å². The highest BCUT2D eigenvalue weighted by Gasteiger charge is 2.18. The molecule has 0 aliphatic carbocycles. The van der Waals surface area contributed by atoms with Crippen LogP contribution in [-0.4, -0.2) is 36.6 Å². The van der Waals surface area contributed by atoms with Gasteiger partial charge in [0.2, 0.25) is 0 Å². The van der Waals surface area contributed by atoms with Gasteiger partial charge in [-0.3, -0.25) is 9.78 Å². The summed E-state index contributed by atoms with van der Waals surface area (Å²) < 4.78 is 10.4. The zero-order valence-corrected chi connectivity index (χ0v) is 13.7. The minimum Gasteiger partial charge on any atom is -0.493 e.